The predicted molar refractivity (Wildman–Crippen MR) is 114 cm³/mol. The number of anilines is 1. The fraction of sp³-hybridized carbons (Fsp3) is 0.227. The molecule has 1 amide bonds. The predicted octanol–water partition coefficient (Wildman–Crippen LogP) is 4.67. The maximum absolute atomic E-state index is 12.6. The second-order valence-electron chi connectivity index (χ2n) is 6.70. The van der Waals surface area contributed by atoms with Gasteiger partial charge in [-0.25, -0.2) is 9.97 Å². The molecule has 1 N–H and O–H groups in total. The highest BCUT2D eigenvalue weighted by atomic mass is 32.1. The molecule has 0 unspecified atom stereocenters. The van der Waals surface area contributed by atoms with Gasteiger partial charge in [-0.3, -0.25) is 10.1 Å². The van der Waals surface area contributed by atoms with Gasteiger partial charge in [0.25, 0.3) is 0 Å². The van der Waals surface area contributed by atoms with Gasteiger partial charge >= 0.3 is 0 Å². The summed E-state index contributed by atoms with van der Waals surface area (Å²) >= 11 is 1.60. The molecule has 5 nitrogen and oxygen atoms in total. The van der Waals surface area contributed by atoms with E-state index in [0.717, 1.165) is 41.1 Å². The third-order valence-corrected chi connectivity index (χ3v) is 5.39. The monoisotopic (exact) mass is 390 g/mol. The number of amides is 1. The number of thiazole rings is 1. The molecule has 142 valence electrons. The van der Waals surface area contributed by atoms with E-state index < -0.39 is 0 Å². The zero-order valence-electron chi connectivity index (χ0n) is 15.8. The lowest BCUT2D eigenvalue weighted by Gasteiger charge is -2.08. The third-order valence-electron chi connectivity index (χ3n) is 4.49. The quantitative estimate of drug-likeness (QED) is 0.499. The van der Waals surface area contributed by atoms with Gasteiger partial charge in [-0.15, -0.1) is 11.3 Å². The SMILES string of the molecule is CCCn1c(NC(=O)Cc2csc(Cc3ccccc3)n2)nc2ccccc21. The van der Waals surface area contributed by atoms with E-state index in [2.05, 4.69) is 38.9 Å². The average molecular weight is 391 g/mol. The van der Waals surface area contributed by atoms with Crippen LogP contribution in [-0.2, 0) is 24.2 Å². The molecule has 28 heavy (non-hydrogen) atoms. The lowest BCUT2D eigenvalue weighted by Crippen LogP contribution is -2.18. The fourth-order valence-corrected chi connectivity index (χ4v) is 4.06. The van der Waals surface area contributed by atoms with Gasteiger partial charge in [0.2, 0.25) is 11.9 Å². The van der Waals surface area contributed by atoms with Crippen LogP contribution in [0.1, 0.15) is 29.6 Å². The van der Waals surface area contributed by atoms with Crippen LogP contribution in [0.4, 0.5) is 5.95 Å². The number of nitrogens with one attached hydrogen (secondary N) is 1. The van der Waals surface area contributed by atoms with E-state index in [1.165, 1.54) is 5.56 Å². The summed E-state index contributed by atoms with van der Waals surface area (Å²) in [4.78, 5) is 21.8. The third kappa shape index (κ3) is 4.12. The van der Waals surface area contributed by atoms with Crippen molar-refractivity contribution in [3.8, 4) is 0 Å². The van der Waals surface area contributed by atoms with Crippen LogP contribution < -0.4 is 5.32 Å². The van der Waals surface area contributed by atoms with Crippen molar-refractivity contribution in [3.05, 3.63) is 76.2 Å². The molecule has 2 heterocycles. The van der Waals surface area contributed by atoms with Gasteiger partial charge in [0.05, 0.1) is 28.2 Å². The summed E-state index contributed by atoms with van der Waals surface area (Å²) < 4.78 is 2.06. The van der Waals surface area contributed by atoms with Crippen LogP contribution in [0.25, 0.3) is 11.0 Å². The summed E-state index contributed by atoms with van der Waals surface area (Å²) in [7, 11) is 0. The van der Waals surface area contributed by atoms with E-state index in [1.54, 1.807) is 11.3 Å². The van der Waals surface area contributed by atoms with E-state index in [9.17, 15) is 4.79 Å². The number of rotatable bonds is 7. The van der Waals surface area contributed by atoms with Gasteiger partial charge in [-0.1, -0.05) is 49.4 Å². The molecule has 0 aliphatic carbocycles. The molecule has 0 radical (unpaired) electrons. The van der Waals surface area contributed by atoms with Crippen molar-refractivity contribution < 1.29 is 4.79 Å². The van der Waals surface area contributed by atoms with Gasteiger partial charge in [0.1, 0.15) is 0 Å². The maximum Gasteiger partial charge on any atom is 0.232 e. The molecular weight excluding hydrogens is 368 g/mol. The molecule has 6 heteroatoms. The molecule has 0 saturated heterocycles. The first-order valence-corrected chi connectivity index (χ1v) is 10.3. The Balaban J connectivity index is 1.45. The van der Waals surface area contributed by atoms with Crippen LogP contribution in [0.3, 0.4) is 0 Å². The highest BCUT2D eigenvalue weighted by Crippen LogP contribution is 2.21. The van der Waals surface area contributed by atoms with Crippen LogP contribution in [0.5, 0.6) is 0 Å². The van der Waals surface area contributed by atoms with Gasteiger partial charge in [-0.2, -0.15) is 0 Å². The van der Waals surface area contributed by atoms with E-state index in [4.69, 9.17) is 0 Å². The Labute approximate surface area is 168 Å². The summed E-state index contributed by atoms with van der Waals surface area (Å²) in [5.74, 6) is 0.511. The summed E-state index contributed by atoms with van der Waals surface area (Å²) in [5, 5.41) is 5.96. The molecule has 4 rings (SSSR count). The Bertz CT molecular complexity index is 1080. The van der Waals surface area contributed by atoms with E-state index in [0.29, 0.717) is 5.95 Å². The van der Waals surface area contributed by atoms with Crippen molar-refractivity contribution in [2.24, 2.45) is 0 Å². The second-order valence-corrected chi connectivity index (χ2v) is 7.64. The number of fused-ring (bicyclic) bond motifs is 1. The standard InChI is InChI=1S/C22H22N4OS/c1-2-12-26-19-11-7-6-10-18(19)24-22(26)25-20(27)14-17-15-28-21(23-17)13-16-8-4-3-5-9-16/h3-11,15H,2,12-14H2,1H3,(H,24,25,27). The van der Waals surface area contributed by atoms with E-state index in [1.807, 2.05) is 47.8 Å². The Morgan fingerprint density at radius 2 is 1.86 bits per heavy atom. The maximum atomic E-state index is 12.6. The van der Waals surface area contributed by atoms with Crippen LogP contribution in [0.2, 0.25) is 0 Å². The minimum absolute atomic E-state index is 0.0933. The summed E-state index contributed by atoms with van der Waals surface area (Å²) in [6, 6.07) is 18.2. The molecule has 2 aromatic carbocycles. The number of hydrogen-bond acceptors (Lipinski definition) is 4. The van der Waals surface area contributed by atoms with Crippen molar-refractivity contribution >= 4 is 34.2 Å². The number of benzene rings is 2. The van der Waals surface area contributed by atoms with Crippen LogP contribution in [0, 0.1) is 0 Å². The van der Waals surface area contributed by atoms with E-state index >= 15 is 0 Å². The molecule has 4 aromatic rings. The molecule has 0 saturated carbocycles. The number of aryl methyl sites for hydroxylation is 1. The van der Waals surface area contributed by atoms with E-state index in [-0.39, 0.29) is 12.3 Å². The Kier molecular flexibility index (Phi) is 5.48. The lowest BCUT2D eigenvalue weighted by atomic mass is 10.2. The number of aromatic nitrogens is 3. The number of hydrogen-bond donors (Lipinski definition) is 1. The van der Waals surface area contributed by atoms with Gasteiger partial charge in [0.15, 0.2) is 0 Å². The van der Waals surface area contributed by atoms with Gasteiger partial charge < -0.3 is 4.57 Å². The van der Waals surface area contributed by atoms with Crippen molar-refractivity contribution in [2.75, 3.05) is 5.32 Å². The number of para-hydroxylation sites is 2. The first kappa shape index (κ1) is 18.4. The van der Waals surface area contributed by atoms with Crippen molar-refractivity contribution in [2.45, 2.75) is 32.7 Å². The Morgan fingerprint density at radius 1 is 1.07 bits per heavy atom. The molecular formula is C22H22N4OS. The summed E-state index contributed by atoms with van der Waals surface area (Å²) in [6.07, 6.45) is 2.01. The van der Waals surface area contributed by atoms with Gasteiger partial charge in [-0.05, 0) is 24.1 Å². The second kappa shape index (κ2) is 8.35. The molecule has 0 bridgehead atoms. The zero-order chi connectivity index (χ0) is 19.3. The normalized spacial score (nSPS) is 11.0. The molecule has 0 aliphatic rings. The smallest absolute Gasteiger partial charge is 0.232 e. The molecule has 0 spiro atoms. The zero-order valence-corrected chi connectivity index (χ0v) is 16.6. The fourth-order valence-electron chi connectivity index (χ4n) is 3.24. The number of imidazole rings is 1. The topological polar surface area (TPSA) is 59.8 Å². The Morgan fingerprint density at radius 3 is 2.68 bits per heavy atom. The lowest BCUT2D eigenvalue weighted by molar-refractivity contribution is -0.115. The average Bonchev–Trinajstić information content (AvgIpc) is 3.27. The largest absolute Gasteiger partial charge is 0.310 e. The van der Waals surface area contributed by atoms with Crippen LogP contribution in [-0.4, -0.2) is 20.4 Å². The molecule has 0 fully saturated rings. The Hall–Kier alpha value is -2.99. The minimum Gasteiger partial charge on any atom is -0.310 e. The van der Waals surface area contributed by atoms with Gasteiger partial charge in [0, 0.05) is 18.3 Å². The highest BCUT2D eigenvalue weighted by molar-refractivity contribution is 7.09. The number of nitrogens with zero attached hydrogens (tertiary/aromatic N) is 3. The number of carbonyl (C=O) groups is 1. The van der Waals surface area contributed by atoms with Crippen molar-refractivity contribution in [1.29, 1.82) is 0 Å². The molecule has 0 aliphatic heterocycles. The van der Waals surface area contributed by atoms with Crippen LogP contribution >= 0.6 is 11.3 Å². The highest BCUT2D eigenvalue weighted by Gasteiger charge is 2.14. The minimum atomic E-state index is -0.0933. The first-order chi connectivity index (χ1) is 13.7. The summed E-state index contributed by atoms with van der Waals surface area (Å²) in [5.41, 5.74) is 3.95. The first-order valence-electron chi connectivity index (χ1n) is 9.45. The molecule has 2 aromatic heterocycles. The summed E-state index contributed by atoms with van der Waals surface area (Å²) in [6.45, 7) is 2.93. The van der Waals surface area contributed by atoms with Crippen molar-refractivity contribution in [1.82, 2.24) is 14.5 Å². The number of carbonyl (C=O) groups excluding carboxylic acids is 1. The van der Waals surface area contributed by atoms with Crippen LogP contribution in [0.15, 0.2) is 60.0 Å². The van der Waals surface area contributed by atoms with Crippen molar-refractivity contribution in [3.63, 3.8) is 0 Å². The molecule has 0 atom stereocenters.